The molecular formula is C15H17N5. The third kappa shape index (κ3) is 2.47. The first-order valence-electron chi connectivity index (χ1n) is 6.71. The highest BCUT2D eigenvalue weighted by molar-refractivity contribution is 5.62. The van der Waals surface area contributed by atoms with Crippen LogP contribution < -0.4 is 5.32 Å². The SMILES string of the molecule is Cc1nnc2c(NC(C)Cc3ccccc3)nccn12. The van der Waals surface area contributed by atoms with Crippen LogP contribution in [0.4, 0.5) is 5.82 Å². The highest BCUT2D eigenvalue weighted by atomic mass is 15.3. The van der Waals surface area contributed by atoms with Gasteiger partial charge in [0.25, 0.3) is 0 Å². The first kappa shape index (κ1) is 12.6. The minimum Gasteiger partial charge on any atom is -0.364 e. The number of aromatic nitrogens is 4. The molecule has 2 aromatic heterocycles. The molecule has 1 aromatic carbocycles. The van der Waals surface area contributed by atoms with Gasteiger partial charge in [-0.25, -0.2) is 4.98 Å². The van der Waals surface area contributed by atoms with Crippen LogP contribution in [0.5, 0.6) is 0 Å². The Kier molecular flexibility index (Phi) is 3.33. The smallest absolute Gasteiger partial charge is 0.203 e. The molecule has 0 bridgehead atoms. The van der Waals surface area contributed by atoms with Crippen LogP contribution in [-0.4, -0.2) is 25.6 Å². The zero-order chi connectivity index (χ0) is 13.9. The van der Waals surface area contributed by atoms with Gasteiger partial charge in [-0.2, -0.15) is 0 Å². The van der Waals surface area contributed by atoms with Crippen molar-refractivity contribution in [1.82, 2.24) is 19.6 Å². The van der Waals surface area contributed by atoms with Crippen LogP contribution in [0.2, 0.25) is 0 Å². The van der Waals surface area contributed by atoms with Gasteiger partial charge < -0.3 is 5.32 Å². The van der Waals surface area contributed by atoms with Crippen molar-refractivity contribution in [2.24, 2.45) is 0 Å². The monoisotopic (exact) mass is 267 g/mol. The normalized spacial score (nSPS) is 12.5. The lowest BCUT2D eigenvalue weighted by atomic mass is 10.1. The topological polar surface area (TPSA) is 55.1 Å². The van der Waals surface area contributed by atoms with Gasteiger partial charge >= 0.3 is 0 Å². The third-order valence-corrected chi connectivity index (χ3v) is 3.27. The standard InChI is InChI=1S/C15H17N5/c1-11(10-13-6-4-3-5-7-13)17-14-15-19-18-12(2)20(15)9-8-16-14/h3-9,11H,10H2,1-2H3,(H,16,17). The van der Waals surface area contributed by atoms with Crippen molar-refractivity contribution in [3.8, 4) is 0 Å². The number of fused-ring (bicyclic) bond motifs is 1. The Bertz CT molecular complexity index is 705. The average molecular weight is 267 g/mol. The van der Waals surface area contributed by atoms with Crippen LogP contribution in [0, 0.1) is 6.92 Å². The van der Waals surface area contributed by atoms with E-state index in [0.29, 0.717) is 0 Å². The molecule has 20 heavy (non-hydrogen) atoms. The van der Waals surface area contributed by atoms with E-state index in [2.05, 4.69) is 51.7 Å². The predicted molar refractivity (Wildman–Crippen MR) is 78.7 cm³/mol. The van der Waals surface area contributed by atoms with E-state index in [1.807, 2.05) is 23.6 Å². The van der Waals surface area contributed by atoms with Crippen molar-refractivity contribution in [3.05, 3.63) is 54.1 Å². The van der Waals surface area contributed by atoms with Gasteiger partial charge in [0.2, 0.25) is 5.65 Å². The minimum absolute atomic E-state index is 0.271. The molecule has 0 aliphatic carbocycles. The Morgan fingerprint density at radius 2 is 2.00 bits per heavy atom. The zero-order valence-corrected chi connectivity index (χ0v) is 11.6. The van der Waals surface area contributed by atoms with Crippen LogP contribution in [0.1, 0.15) is 18.3 Å². The van der Waals surface area contributed by atoms with E-state index < -0.39 is 0 Å². The summed E-state index contributed by atoms with van der Waals surface area (Å²) in [5.41, 5.74) is 2.07. The largest absolute Gasteiger partial charge is 0.364 e. The molecule has 2 heterocycles. The van der Waals surface area contributed by atoms with E-state index in [1.165, 1.54) is 5.56 Å². The summed E-state index contributed by atoms with van der Waals surface area (Å²) in [7, 11) is 0. The lowest BCUT2D eigenvalue weighted by molar-refractivity contribution is 0.784. The Labute approximate surface area is 117 Å². The van der Waals surface area contributed by atoms with E-state index in [0.717, 1.165) is 23.7 Å². The molecule has 1 atom stereocenters. The molecule has 0 fully saturated rings. The Balaban J connectivity index is 1.79. The quantitative estimate of drug-likeness (QED) is 0.789. The van der Waals surface area contributed by atoms with Gasteiger partial charge in [0.15, 0.2) is 5.82 Å². The highest BCUT2D eigenvalue weighted by Crippen LogP contribution is 2.14. The molecule has 3 rings (SSSR count). The summed E-state index contributed by atoms with van der Waals surface area (Å²) in [5, 5.41) is 11.7. The summed E-state index contributed by atoms with van der Waals surface area (Å²) in [6.07, 6.45) is 4.58. The number of rotatable bonds is 4. The lowest BCUT2D eigenvalue weighted by Gasteiger charge is -2.14. The summed E-state index contributed by atoms with van der Waals surface area (Å²) in [4.78, 5) is 4.37. The highest BCUT2D eigenvalue weighted by Gasteiger charge is 2.10. The Hall–Kier alpha value is -2.43. The van der Waals surface area contributed by atoms with Gasteiger partial charge in [0, 0.05) is 18.4 Å². The average Bonchev–Trinajstić information content (AvgIpc) is 2.83. The predicted octanol–water partition coefficient (Wildman–Crippen LogP) is 2.48. The minimum atomic E-state index is 0.271. The van der Waals surface area contributed by atoms with Gasteiger partial charge in [0.05, 0.1) is 0 Å². The molecule has 5 nitrogen and oxygen atoms in total. The molecule has 0 saturated carbocycles. The fourth-order valence-corrected chi connectivity index (χ4v) is 2.30. The van der Waals surface area contributed by atoms with Crippen molar-refractivity contribution in [2.45, 2.75) is 26.3 Å². The van der Waals surface area contributed by atoms with Crippen LogP contribution in [0.15, 0.2) is 42.7 Å². The maximum atomic E-state index is 4.37. The van der Waals surface area contributed by atoms with Crippen LogP contribution in [0.25, 0.3) is 5.65 Å². The van der Waals surface area contributed by atoms with Gasteiger partial charge in [-0.3, -0.25) is 4.40 Å². The second kappa shape index (κ2) is 5.28. The summed E-state index contributed by atoms with van der Waals surface area (Å²) in [5.74, 6) is 1.64. The molecule has 0 radical (unpaired) electrons. The number of hydrogen-bond donors (Lipinski definition) is 1. The lowest BCUT2D eigenvalue weighted by Crippen LogP contribution is -2.19. The van der Waals surface area contributed by atoms with Crippen molar-refractivity contribution >= 4 is 11.5 Å². The maximum absolute atomic E-state index is 4.37. The van der Waals surface area contributed by atoms with E-state index in [1.54, 1.807) is 6.20 Å². The molecule has 0 amide bonds. The summed E-state index contributed by atoms with van der Waals surface area (Å²) < 4.78 is 1.94. The Morgan fingerprint density at radius 3 is 2.80 bits per heavy atom. The zero-order valence-electron chi connectivity index (χ0n) is 11.6. The van der Waals surface area contributed by atoms with Crippen LogP contribution >= 0.6 is 0 Å². The molecule has 0 saturated heterocycles. The summed E-state index contributed by atoms with van der Waals surface area (Å²) in [6, 6.07) is 10.7. The van der Waals surface area contributed by atoms with Crippen molar-refractivity contribution in [3.63, 3.8) is 0 Å². The van der Waals surface area contributed by atoms with Crippen LogP contribution in [0.3, 0.4) is 0 Å². The number of aryl methyl sites for hydroxylation is 1. The van der Waals surface area contributed by atoms with Gasteiger partial charge in [0.1, 0.15) is 5.82 Å². The molecule has 1 N–H and O–H groups in total. The second-order valence-electron chi connectivity index (χ2n) is 4.95. The fraction of sp³-hybridized carbons (Fsp3) is 0.267. The molecule has 0 aliphatic heterocycles. The van der Waals surface area contributed by atoms with Gasteiger partial charge in [-0.1, -0.05) is 30.3 Å². The number of nitrogens with zero attached hydrogens (tertiary/aromatic N) is 4. The molecule has 0 spiro atoms. The summed E-state index contributed by atoms with van der Waals surface area (Å²) >= 11 is 0. The molecule has 1 unspecified atom stereocenters. The molecule has 5 heteroatoms. The molecule has 102 valence electrons. The second-order valence-corrected chi connectivity index (χ2v) is 4.95. The number of hydrogen-bond acceptors (Lipinski definition) is 4. The number of nitrogens with one attached hydrogen (secondary N) is 1. The van der Waals surface area contributed by atoms with E-state index >= 15 is 0 Å². The number of benzene rings is 1. The van der Waals surface area contributed by atoms with E-state index in [9.17, 15) is 0 Å². The van der Waals surface area contributed by atoms with Crippen molar-refractivity contribution in [2.75, 3.05) is 5.32 Å². The van der Waals surface area contributed by atoms with E-state index in [4.69, 9.17) is 0 Å². The molecule has 3 aromatic rings. The van der Waals surface area contributed by atoms with E-state index in [-0.39, 0.29) is 6.04 Å². The number of anilines is 1. The fourth-order valence-electron chi connectivity index (χ4n) is 2.30. The third-order valence-electron chi connectivity index (χ3n) is 3.27. The van der Waals surface area contributed by atoms with Crippen LogP contribution in [-0.2, 0) is 6.42 Å². The first-order valence-corrected chi connectivity index (χ1v) is 6.71. The molecular weight excluding hydrogens is 250 g/mol. The van der Waals surface area contributed by atoms with Gasteiger partial charge in [-0.15, -0.1) is 10.2 Å². The van der Waals surface area contributed by atoms with Crippen molar-refractivity contribution < 1.29 is 0 Å². The summed E-state index contributed by atoms with van der Waals surface area (Å²) in [6.45, 7) is 4.07. The Morgan fingerprint density at radius 1 is 1.20 bits per heavy atom. The van der Waals surface area contributed by atoms with Gasteiger partial charge in [-0.05, 0) is 25.8 Å². The maximum Gasteiger partial charge on any atom is 0.203 e. The molecule has 0 aliphatic rings. The van der Waals surface area contributed by atoms with Crippen molar-refractivity contribution in [1.29, 1.82) is 0 Å². The first-order chi connectivity index (χ1) is 9.74.